The molecule has 0 fully saturated rings. The molecular formula is C18H24. The normalized spacial score (nSPS) is 9.50. The second kappa shape index (κ2) is 8.52. The van der Waals surface area contributed by atoms with Crippen molar-refractivity contribution in [2.45, 2.75) is 40.0 Å². The lowest BCUT2D eigenvalue weighted by Gasteiger charge is -1.96. The summed E-state index contributed by atoms with van der Waals surface area (Å²) in [4.78, 5) is 0. The van der Waals surface area contributed by atoms with Gasteiger partial charge in [0.05, 0.1) is 0 Å². The van der Waals surface area contributed by atoms with Gasteiger partial charge in [0.2, 0.25) is 0 Å². The van der Waals surface area contributed by atoms with Crippen LogP contribution in [0.1, 0.15) is 36.5 Å². The monoisotopic (exact) mass is 240 g/mol. The van der Waals surface area contributed by atoms with Gasteiger partial charge in [-0.15, -0.1) is 0 Å². The van der Waals surface area contributed by atoms with Crippen molar-refractivity contribution >= 4 is 0 Å². The van der Waals surface area contributed by atoms with E-state index in [4.69, 9.17) is 0 Å². The third-order valence-electron chi connectivity index (χ3n) is 3.09. The van der Waals surface area contributed by atoms with Crippen molar-refractivity contribution in [3.8, 4) is 0 Å². The van der Waals surface area contributed by atoms with Crippen molar-refractivity contribution in [3.63, 3.8) is 0 Å². The summed E-state index contributed by atoms with van der Waals surface area (Å²) in [6, 6.07) is 19.0. The number of hydrogen-bond donors (Lipinski definition) is 0. The summed E-state index contributed by atoms with van der Waals surface area (Å²) in [5.41, 5.74) is 4.20. The molecule has 0 N–H and O–H groups in total. The minimum absolute atomic E-state index is 1.23. The predicted octanol–water partition coefficient (Wildman–Crippen LogP) is 5.33. The maximum atomic E-state index is 2.23. The van der Waals surface area contributed by atoms with E-state index in [2.05, 4.69) is 75.4 Å². The maximum absolute atomic E-state index is 2.23. The Kier molecular flexibility index (Phi) is 6.86. The molecule has 2 aromatic carbocycles. The van der Waals surface area contributed by atoms with Gasteiger partial charge in [-0.05, 0) is 43.4 Å². The zero-order chi connectivity index (χ0) is 13.2. The van der Waals surface area contributed by atoms with Gasteiger partial charge in [0, 0.05) is 0 Å². The van der Waals surface area contributed by atoms with Crippen LogP contribution in [-0.2, 0) is 6.42 Å². The first-order chi connectivity index (χ1) is 8.74. The van der Waals surface area contributed by atoms with Crippen LogP contribution in [0.2, 0.25) is 0 Å². The molecule has 0 saturated carbocycles. The lowest BCUT2D eigenvalue weighted by atomic mass is 10.1. The SMILES string of the molecule is CCCCc1ccccc1.Cc1ccccc1C. The smallest absolute Gasteiger partial charge is 0.0279 e. The molecule has 0 heteroatoms. The minimum atomic E-state index is 1.23. The largest absolute Gasteiger partial charge is 0.0654 e. The Morgan fingerprint density at radius 1 is 0.722 bits per heavy atom. The summed E-state index contributed by atoms with van der Waals surface area (Å²) in [6.07, 6.45) is 3.83. The molecule has 18 heavy (non-hydrogen) atoms. The van der Waals surface area contributed by atoms with Gasteiger partial charge in [-0.3, -0.25) is 0 Å². The van der Waals surface area contributed by atoms with E-state index in [1.165, 1.54) is 36.0 Å². The minimum Gasteiger partial charge on any atom is -0.0654 e. The molecule has 0 nitrogen and oxygen atoms in total. The van der Waals surface area contributed by atoms with E-state index in [1.54, 1.807) is 0 Å². The van der Waals surface area contributed by atoms with E-state index in [-0.39, 0.29) is 0 Å². The number of benzene rings is 2. The van der Waals surface area contributed by atoms with Crippen molar-refractivity contribution in [2.24, 2.45) is 0 Å². The predicted molar refractivity (Wildman–Crippen MR) is 81.0 cm³/mol. The van der Waals surface area contributed by atoms with Gasteiger partial charge in [-0.2, -0.15) is 0 Å². The first kappa shape index (κ1) is 14.5. The molecule has 0 spiro atoms. The Morgan fingerprint density at radius 3 is 1.67 bits per heavy atom. The molecule has 0 heterocycles. The zero-order valence-electron chi connectivity index (χ0n) is 11.8. The fourth-order valence-corrected chi connectivity index (χ4v) is 1.69. The van der Waals surface area contributed by atoms with Crippen LogP contribution in [0.3, 0.4) is 0 Å². The Morgan fingerprint density at radius 2 is 1.22 bits per heavy atom. The Hall–Kier alpha value is -1.56. The van der Waals surface area contributed by atoms with Crippen LogP contribution >= 0.6 is 0 Å². The van der Waals surface area contributed by atoms with Gasteiger partial charge in [0.25, 0.3) is 0 Å². The van der Waals surface area contributed by atoms with Crippen LogP contribution in [-0.4, -0.2) is 0 Å². The summed E-state index contributed by atoms with van der Waals surface area (Å²) in [7, 11) is 0. The topological polar surface area (TPSA) is 0 Å². The lowest BCUT2D eigenvalue weighted by molar-refractivity contribution is 0.795. The zero-order valence-corrected chi connectivity index (χ0v) is 11.8. The molecule has 0 aliphatic heterocycles. The molecule has 0 saturated heterocycles. The second-order valence-electron chi connectivity index (χ2n) is 4.67. The second-order valence-corrected chi connectivity index (χ2v) is 4.67. The van der Waals surface area contributed by atoms with Gasteiger partial charge >= 0.3 is 0 Å². The van der Waals surface area contributed by atoms with Crippen LogP contribution in [0.4, 0.5) is 0 Å². The molecule has 0 bridgehead atoms. The van der Waals surface area contributed by atoms with E-state index < -0.39 is 0 Å². The molecule has 96 valence electrons. The van der Waals surface area contributed by atoms with Crippen LogP contribution in [0.5, 0.6) is 0 Å². The number of hydrogen-bond acceptors (Lipinski definition) is 0. The molecule has 0 aromatic heterocycles. The van der Waals surface area contributed by atoms with Crippen molar-refractivity contribution < 1.29 is 0 Å². The standard InChI is InChI=1S/C10H14.C8H10/c1-2-3-7-10-8-5-4-6-9-10;1-7-5-3-4-6-8(7)2/h4-6,8-9H,2-3,7H2,1H3;3-6H,1-2H3. The molecule has 0 amide bonds. The van der Waals surface area contributed by atoms with E-state index in [9.17, 15) is 0 Å². The molecule has 0 aliphatic rings. The highest BCUT2D eigenvalue weighted by Crippen LogP contribution is 2.03. The van der Waals surface area contributed by atoms with E-state index >= 15 is 0 Å². The Labute approximate surface area is 112 Å². The Balaban J connectivity index is 0.000000184. The van der Waals surface area contributed by atoms with E-state index in [0.29, 0.717) is 0 Å². The molecular weight excluding hydrogens is 216 g/mol. The van der Waals surface area contributed by atoms with Gasteiger partial charge in [0.15, 0.2) is 0 Å². The summed E-state index contributed by atoms with van der Waals surface area (Å²) < 4.78 is 0. The van der Waals surface area contributed by atoms with Crippen molar-refractivity contribution in [1.82, 2.24) is 0 Å². The van der Waals surface area contributed by atoms with Gasteiger partial charge in [-0.25, -0.2) is 0 Å². The van der Waals surface area contributed by atoms with Crippen LogP contribution in [0.15, 0.2) is 54.6 Å². The number of aryl methyl sites for hydroxylation is 3. The molecule has 2 aromatic rings. The van der Waals surface area contributed by atoms with Crippen LogP contribution in [0, 0.1) is 13.8 Å². The van der Waals surface area contributed by atoms with Crippen molar-refractivity contribution in [3.05, 3.63) is 71.3 Å². The first-order valence-electron chi connectivity index (χ1n) is 6.80. The van der Waals surface area contributed by atoms with Gasteiger partial charge in [0.1, 0.15) is 0 Å². The summed E-state index contributed by atoms with van der Waals surface area (Å²) in [5.74, 6) is 0. The number of unbranched alkanes of at least 4 members (excludes halogenated alkanes) is 1. The van der Waals surface area contributed by atoms with Crippen molar-refractivity contribution in [1.29, 1.82) is 0 Å². The Bertz CT molecular complexity index is 408. The first-order valence-corrected chi connectivity index (χ1v) is 6.80. The van der Waals surface area contributed by atoms with Crippen LogP contribution in [0.25, 0.3) is 0 Å². The van der Waals surface area contributed by atoms with E-state index in [1.807, 2.05) is 0 Å². The maximum Gasteiger partial charge on any atom is -0.0279 e. The quantitative estimate of drug-likeness (QED) is 0.680. The fraction of sp³-hybridized carbons (Fsp3) is 0.333. The average molecular weight is 240 g/mol. The van der Waals surface area contributed by atoms with E-state index in [0.717, 1.165) is 0 Å². The van der Waals surface area contributed by atoms with Gasteiger partial charge in [-0.1, -0.05) is 67.9 Å². The third-order valence-corrected chi connectivity index (χ3v) is 3.09. The fourth-order valence-electron chi connectivity index (χ4n) is 1.69. The highest BCUT2D eigenvalue weighted by Gasteiger charge is 1.87. The lowest BCUT2D eigenvalue weighted by Crippen LogP contribution is -1.81. The van der Waals surface area contributed by atoms with Crippen molar-refractivity contribution in [2.75, 3.05) is 0 Å². The molecule has 0 radical (unpaired) electrons. The summed E-state index contributed by atoms with van der Waals surface area (Å²) in [5, 5.41) is 0. The average Bonchev–Trinajstić information content (AvgIpc) is 2.42. The summed E-state index contributed by atoms with van der Waals surface area (Å²) in [6.45, 7) is 6.47. The van der Waals surface area contributed by atoms with Gasteiger partial charge < -0.3 is 0 Å². The molecule has 0 unspecified atom stereocenters. The highest BCUT2D eigenvalue weighted by atomic mass is 13.9. The highest BCUT2D eigenvalue weighted by molar-refractivity contribution is 5.23. The molecule has 0 atom stereocenters. The molecule has 0 aliphatic carbocycles. The van der Waals surface area contributed by atoms with Crippen LogP contribution < -0.4 is 0 Å². The summed E-state index contributed by atoms with van der Waals surface area (Å²) >= 11 is 0. The molecule has 2 rings (SSSR count). The number of rotatable bonds is 3. The third kappa shape index (κ3) is 5.67.